The summed E-state index contributed by atoms with van der Waals surface area (Å²) in [6.07, 6.45) is 0. The van der Waals surface area contributed by atoms with Crippen molar-refractivity contribution in [2.24, 2.45) is 0 Å². The van der Waals surface area contributed by atoms with Crippen LogP contribution in [0.1, 0.15) is 0 Å². The summed E-state index contributed by atoms with van der Waals surface area (Å²) in [7, 11) is 0. The minimum absolute atomic E-state index is 0.908. The Morgan fingerprint density at radius 1 is 0.533 bits per heavy atom. The van der Waals surface area contributed by atoms with E-state index in [1.807, 2.05) is 17.4 Å². The summed E-state index contributed by atoms with van der Waals surface area (Å²) in [5.74, 6) is 0. The van der Waals surface area contributed by atoms with Crippen LogP contribution in [0.3, 0.4) is 0 Å². The van der Waals surface area contributed by atoms with Gasteiger partial charge in [-0.25, -0.2) is 4.98 Å². The SMILES string of the molecule is c1ccc(-c2cc(-n3c4ccccc4c4c5oc6ccccc6c5ccc43)cc(-c3cccc4c3sc3ccccc34)n2)cc1. The van der Waals surface area contributed by atoms with E-state index in [-0.39, 0.29) is 0 Å². The molecule has 10 aromatic rings. The number of furan rings is 1. The second-order valence-electron chi connectivity index (χ2n) is 11.5. The standard InChI is InChI=1S/C41H24N2OS/c1-2-11-25(12-3-1)33-23-26(24-34(42-33)31-17-10-16-30-28-14-6-9-20-38(28)45-41(30)31)43-35-18-7-4-15-32(35)39-36(43)22-21-29-27-13-5-8-19-37(27)44-40(29)39/h1-24H. The number of hydrogen-bond acceptors (Lipinski definition) is 3. The lowest BCUT2D eigenvalue weighted by atomic mass is 10.0. The van der Waals surface area contributed by atoms with Gasteiger partial charge in [-0.1, -0.05) is 103 Å². The molecule has 10 rings (SSSR count). The maximum Gasteiger partial charge on any atom is 0.145 e. The third-order valence-corrected chi connectivity index (χ3v) is 10.2. The van der Waals surface area contributed by atoms with E-state index in [1.54, 1.807) is 0 Å². The number of rotatable bonds is 3. The van der Waals surface area contributed by atoms with Gasteiger partial charge in [-0.3, -0.25) is 0 Å². The summed E-state index contributed by atoms with van der Waals surface area (Å²) >= 11 is 1.84. The molecule has 0 fully saturated rings. The van der Waals surface area contributed by atoms with Gasteiger partial charge in [0, 0.05) is 47.5 Å². The molecule has 0 radical (unpaired) electrons. The van der Waals surface area contributed by atoms with Crippen molar-refractivity contribution in [1.29, 1.82) is 0 Å². The zero-order valence-electron chi connectivity index (χ0n) is 24.1. The number of benzene rings is 6. The third kappa shape index (κ3) is 3.60. The van der Waals surface area contributed by atoms with E-state index in [0.717, 1.165) is 66.6 Å². The molecule has 0 spiro atoms. The number of hydrogen-bond donors (Lipinski definition) is 0. The molecular formula is C41H24N2OS. The van der Waals surface area contributed by atoms with E-state index in [2.05, 4.69) is 144 Å². The van der Waals surface area contributed by atoms with Crippen LogP contribution in [0.4, 0.5) is 0 Å². The van der Waals surface area contributed by atoms with E-state index in [9.17, 15) is 0 Å². The van der Waals surface area contributed by atoms with E-state index < -0.39 is 0 Å². The first-order valence-electron chi connectivity index (χ1n) is 15.1. The predicted octanol–water partition coefficient (Wildman–Crippen LogP) is 11.8. The summed E-state index contributed by atoms with van der Waals surface area (Å²) < 4.78 is 11.5. The Balaban J connectivity index is 1.31. The van der Waals surface area contributed by atoms with Gasteiger partial charge >= 0.3 is 0 Å². The number of thiophene rings is 1. The van der Waals surface area contributed by atoms with Gasteiger partial charge in [0.15, 0.2) is 0 Å². The Hall–Kier alpha value is -5.71. The molecule has 4 heterocycles. The Morgan fingerprint density at radius 3 is 2.18 bits per heavy atom. The van der Waals surface area contributed by atoms with E-state index in [4.69, 9.17) is 9.40 Å². The highest BCUT2D eigenvalue weighted by atomic mass is 32.1. The first-order chi connectivity index (χ1) is 22.3. The zero-order chi connectivity index (χ0) is 29.5. The van der Waals surface area contributed by atoms with Crippen LogP contribution >= 0.6 is 11.3 Å². The van der Waals surface area contributed by atoms with Gasteiger partial charge in [0.2, 0.25) is 0 Å². The molecule has 0 bridgehead atoms. The molecule has 6 aromatic carbocycles. The molecule has 0 unspecified atom stereocenters. The molecule has 0 atom stereocenters. The second-order valence-corrected chi connectivity index (χ2v) is 12.6. The lowest BCUT2D eigenvalue weighted by molar-refractivity contribution is 0.673. The van der Waals surface area contributed by atoms with Gasteiger partial charge in [0.05, 0.1) is 33.5 Å². The molecule has 3 nitrogen and oxygen atoms in total. The fraction of sp³-hybridized carbons (Fsp3) is 0. The predicted molar refractivity (Wildman–Crippen MR) is 190 cm³/mol. The van der Waals surface area contributed by atoms with Crippen molar-refractivity contribution in [3.63, 3.8) is 0 Å². The summed E-state index contributed by atoms with van der Waals surface area (Å²) in [6.45, 7) is 0. The maximum atomic E-state index is 6.56. The quantitative estimate of drug-likeness (QED) is 0.204. The Kier molecular flexibility index (Phi) is 5.16. The first kappa shape index (κ1) is 24.7. The third-order valence-electron chi connectivity index (χ3n) is 9.00. The number of nitrogens with zero attached hydrogens (tertiary/aromatic N) is 2. The number of aromatic nitrogens is 2. The van der Waals surface area contributed by atoms with Crippen LogP contribution in [-0.4, -0.2) is 9.55 Å². The fourth-order valence-electron chi connectivity index (χ4n) is 7.00. The van der Waals surface area contributed by atoms with Gasteiger partial charge < -0.3 is 8.98 Å². The van der Waals surface area contributed by atoms with E-state index in [0.29, 0.717) is 0 Å². The lowest BCUT2D eigenvalue weighted by Crippen LogP contribution is -1.98. The number of pyridine rings is 1. The van der Waals surface area contributed by atoms with Crippen molar-refractivity contribution < 1.29 is 4.42 Å². The molecule has 0 saturated carbocycles. The molecule has 0 aliphatic rings. The summed E-state index contributed by atoms with van der Waals surface area (Å²) in [5.41, 5.74) is 9.28. The van der Waals surface area contributed by atoms with Gasteiger partial charge in [-0.2, -0.15) is 0 Å². The molecule has 0 amide bonds. The summed E-state index contributed by atoms with van der Waals surface area (Å²) in [5, 5.41) is 7.13. The Morgan fingerprint density at radius 2 is 1.27 bits per heavy atom. The molecule has 0 saturated heterocycles. The van der Waals surface area contributed by atoms with Crippen molar-refractivity contribution in [3.8, 4) is 28.2 Å². The first-order valence-corrected chi connectivity index (χ1v) is 16.0. The van der Waals surface area contributed by atoms with Crippen LogP contribution < -0.4 is 0 Å². The summed E-state index contributed by atoms with van der Waals surface area (Å²) in [6, 6.07) is 51.6. The van der Waals surface area contributed by atoms with Crippen molar-refractivity contribution >= 4 is 75.3 Å². The van der Waals surface area contributed by atoms with Gasteiger partial charge in [0.25, 0.3) is 0 Å². The fourth-order valence-corrected chi connectivity index (χ4v) is 8.23. The van der Waals surface area contributed by atoms with Crippen LogP contribution in [0.5, 0.6) is 0 Å². The normalized spacial score (nSPS) is 12.0. The highest BCUT2D eigenvalue weighted by molar-refractivity contribution is 7.26. The highest BCUT2D eigenvalue weighted by Gasteiger charge is 2.20. The maximum absolute atomic E-state index is 6.56. The Bertz CT molecular complexity index is 2770. The topological polar surface area (TPSA) is 31.0 Å². The largest absolute Gasteiger partial charge is 0.455 e. The van der Waals surface area contributed by atoms with Crippen LogP contribution in [0.15, 0.2) is 150 Å². The van der Waals surface area contributed by atoms with Crippen LogP contribution in [-0.2, 0) is 0 Å². The average molecular weight is 593 g/mol. The van der Waals surface area contributed by atoms with E-state index in [1.165, 1.54) is 25.6 Å². The summed E-state index contributed by atoms with van der Waals surface area (Å²) in [4.78, 5) is 5.32. The second kappa shape index (κ2) is 9.39. The molecule has 4 heteroatoms. The minimum Gasteiger partial charge on any atom is -0.455 e. The smallest absolute Gasteiger partial charge is 0.145 e. The zero-order valence-corrected chi connectivity index (χ0v) is 24.9. The van der Waals surface area contributed by atoms with Crippen molar-refractivity contribution in [1.82, 2.24) is 9.55 Å². The molecule has 0 N–H and O–H groups in total. The van der Waals surface area contributed by atoms with Crippen LogP contribution in [0, 0.1) is 0 Å². The molecule has 0 aliphatic carbocycles. The lowest BCUT2D eigenvalue weighted by Gasteiger charge is -2.13. The van der Waals surface area contributed by atoms with Crippen LogP contribution in [0.25, 0.3) is 92.1 Å². The van der Waals surface area contributed by atoms with Gasteiger partial charge in [0.1, 0.15) is 11.2 Å². The number of fused-ring (bicyclic) bond motifs is 10. The van der Waals surface area contributed by atoms with E-state index >= 15 is 0 Å². The molecular weight excluding hydrogens is 569 g/mol. The van der Waals surface area contributed by atoms with Gasteiger partial charge in [-0.05, 0) is 42.5 Å². The highest BCUT2D eigenvalue weighted by Crippen LogP contribution is 2.43. The van der Waals surface area contributed by atoms with Crippen molar-refractivity contribution in [3.05, 3.63) is 146 Å². The van der Waals surface area contributed by atoms with Crippen molar-refractivity contribution in [2.75, 3.05) is 0 Å². The molecule has 210 valence electrons. The molecule has 4 aromatic heterocycles. The van der Waals surface area contributed by atoms with Crippen LogP contribution in [0.2, 0.25) is 0 Å². The molecule has 0 aliphatic heterocycles. The minimum atomic E-state index is 0.908. The van der Waals surface area contributed by atoms with Gasteiger partial charge in [-0.15, -0.1) is 11.3 Å². The monoisotopic (exact) mass is 592 g/mol. The molecule has 45 heavy (non-hydrogen) atoms. The van der Waals surface area contributed by atoms with Crippen molar-refractivity contribution in [2.45, 2.75) is 0 Å². The average Bonchev–Trinajstić information content (AvgIpc) is 3.78. The number of para-hydroxylation sites is 2. The Labute approximate surface area is 262 Å².